The highest BCUT2D eigenvalue weighted by Gasteiger charge is 2.13. The summed E-state index contributed by atoms with van der Waals surface area (Å²) in [7, 11) is 1.39. The second kappa shape index (κ2) is 7.54. The molecule has 4 heteroatoms. The van der Waals surface area contributed by atoms with Crippen molar-refractivity contribution in [2.24, 2.45) is 0 Å². The van der Waals surface area contributed by atoms with Crippen molar-refractivity contribution < 1.29 is 9.53 Å². The summed E-state index contributed by atoms with van der Waals surface area (Å²) in [4.78, 5) is 10.9. The van der Waals surface area contributed by atoms with E-state index in [1.54, 1.807) is 0 Å². The SMILES string of the molecule is COC(=O)C(Br)CNCc1ccc(C(C)C)cc1. The molecule has 0 bridgehead atoms. The molecule has 0 heterocycles. The lowest BCUT2D eigenvalue weighted by molar-refractivity contribution is -0.139. The maximum Gasteiger partial charge on any atom is 0.320 e. The first-order valence-electron chi connectivity index (χ1n) is 6.06. The first kappa shape index (κ1) is 15.2. The van der Waals surface area contributed by atoms with Crippen LogP contribution in [0.5, 0.6) is 0 Å². The number of hydrogen-bond acceptors (Lipinski definition) is 3. The van der Waals surface area contributed by atoms with Crippen LogP contribution in [-0.2, 0) is 16.1 Å². The summed E-state index contributed by atoms with van der Waals surface area (Å²) in [6, 6.07) is 8.52. The Kier molecular flexibility index (Phi) is 6.36. The zero-order chi connectivity index (χ0) is 13.5. The molecular formula is C14H20BrNO2. The molecule has 3 nitrogen and oxygen atoms in total. The van der Waals surface area contributed by atoms with Gasteiger partial charge in [0.05, 0.1) is 7.11 Å². The molecule has 100 valence electrons. The van der Waals surface area contributed by atoms with E-state index in [0.717, 1.165) is 6.54 Å². The van der Waals surface area contributed by atoms with Crippen molar-refractivity contribution in [3.63, 3.8) is 0 Å². The van der Waals surface area contributed by atoms with Gasteiger partial charge >= 0.3 is 5.97 Å². The van der Waals surface area contributed by atoms with E-state index in [0.29, 0.717) is 12.5 Å². The van der Waals surface area contributed by atoms with Gasteiger partial charge in [-0.15, -0.1) is 0 Å². The van der Waals surface area contributed by atoms with E-state index in [2.05, 4.69) is 64.1 Å². The van der Waals surface area contributed by atoms with E-state index < -0.39 is 0 Å². The Bertz CT molecular complexity index is 376. The van der Waals surface area contributed by atoms with Crippen molar-refractivity contribution in [3.8, 4) is 0 Å². The van der Waals surface area contributed by atoms with Crippen LogP contribution >= 0.6 is 15.9 Å². The van der Waals surface area contributed by atoms with Crippen LogP contribution in [0, 0.1) is 0 Å². The summed E-state index contributed by atoms with van der Waals surface area (Å²) < 4.78 is 4.63. The highest BCUT2D eigenvalue weighted by atomic mass is 79.9. The van der Waals surface area contributed by atoms with Gasteiger partial charge in [0, 0.05) is 13.1 Å². The molecule has 0 aromatic heterocycles. The van der Waals surface area contributed by atoms with Crippen LogP contribution in [0.1, 0.15) is 30.9 Å². The average molecular weight is 314 g/mol. The Labute approximate surface area is 117 Å². The Morgan fingerprint density at radius 3 is 2.44 bits per heavy atom. The molecule has 0 saturated carbocycles. The fraction of sp³-hybridized carbons (Fsp3) is 0.500. The van der Waals surface area contributed by atoms with Crippen molar-refractivity contribution in [2.45, 2.75) is 31.1 Å². The largest absolute Gasteiger partial charge is 0.468 e. The summed E-state index contributed by atoms with van der Waals surface area (Å²) in [5, 5.41) is 3.22. The molecule has 1 aromatic carbocycles. The Hall–Kier alpha value is -0.870. The van der Waals surface area contributed by atoms with Gasteiger partial charge in [0.2, 0.25) is 0 Å². The summed E-state index contributed by atoms with van der Waals surface area (Å²) in [5.74, 6) is 0.302. The third-order valence-electron chi connectivity index (χ3n) is 2.76. The number of alkyl halides is 1. The number of halogens is 1. The molecule has 0 aliphatic carbocycles. The lowest BCUT2D eigenvalue weighted by Gasteiger charge is -2.10. The third kappa shape index (κ3) is 4.78. The monoisotopic (exact) mass is 313 g/mol. The summed E-state index contributed by atoms with van der Waals surface area (Å²) in [6.45, 7) is 5.66. The number of rotatable bonds is 6. The fourth-order valence-electron chi connectivity index (χ4n) is 1.57. The molecule has 1 rings (SSSR count). The highest BCUT2D eigenvalue weighted by molar-refractivity contribution is 9.10. The van der Waals surface area contributed by atoms with Gasteiger partial charge in [-0.2, -0.15) is 0 Å². The molecule has 0 amide bonds. The topological polar surface area (TPSA) is 38.3 Å². The number of carbonyl (C=O) groups is 1. The molecule has 0 spiro atoms. The Morgan fingerprint density at radius 2 is 1.94 bits per heavy atom. The van der Waals surface area contributed by atoms with Gasteiger partial charge in [0.25, 0.3) is 0 Å². The number of ether oxygens (including phenoxy) is 1. The normalized spacial score (nSPS) is 12.5. The molecule has 1 unspecified atom stereocenters. The Morgan fingerprint density at radius 1 is 1.33 bits per heavy atom. The lowest BCUT2D eigenvalue weighted by Crippen LogP contribution is -2.29. The van der Waals surface area contributed by atoms with Crippen molar-refractivity contribution in [3.05, 3.63) is 35.4 Å². The maximum absolute atomic E-state index is 11.2. The van der Waals surface area contributed by atoms with Crippen LogP contribution in [0.4, 0.5) is 0 Å². The minimum atomic E-state index is -0.294. The first-order chi connectivity index (χ1) is 8.54. The van der Waals surface area contributed by atoms with Gasteiger partial charge in [-0.1, -0.05) is 54.0 Å². The minimum Gasteiger partial charge on any atom is -0.468 e. The average Bonchev–Trinajstić information content (AvgIpc) is 2.38. The number of methoxy groups -OCH3 is 1. The number of nitrogens with one attached hydrogen (secondary N) is 1. The number of esters is 1. The van der Waals surface area contributed by atoms with Crippen molar-refractivity contribution >= 4 is 21.9 Å². The molecule has 0 saturated heterocycles. The van der Waals surface area contributed by atoms with Gasteiger partial charge < -0.3 is 10.1 Å². The van der Waals surface area contributed by atoms with E-state index in [1.807, 2.05) is 0 Å². The fourth-order valence-corrected chi connectivity index (χ4v) is 1.99. The summed E-state index contributed by atoms with van der Waals surface area (Å²) >= 11 is 3.27. The molecule has 0 fully saturated rings. The van der Waals surface area contributed by atoms with Crippen molar-refractivity contribution in [2.75, 3.05) is 13.7 Å². The van der Waals surface area contributed by atoms with Crippen LogP contribution < -0.4 is 5.32 Å². The van der Waals surface area contributed by atoms with E-state index in [1.165, 1.54) is 18.2 Å². The quantitative estimate of drug-likeness (QED) is 0.648. The summed E-state index contributed by atoms with van der Waals surface area (Å²) in [5.41, 5.74) is 2.55. The van der Waals surface area contributed by atoms with E-state index in [-0.39, 0.29) is 10.8 Å². The zero-order valence-corrected chi connectivity index (χ0v) is 12.7. The van der Waals surface area contributed by atoms with Crippen LogP contribution in [0.25, 0.3) is 0 Å². The van der Waals surface area contributed by atoms with E-state index >= 15 is 0 Å². The van der Waals surface area contributed by atoms with Gasteiger partial charge in [-0.25, -0.2) is 0 Å². The second-order valence-corrected chi connectivity index (χ2v) is 5.62. The smallest absolute Gasteiger partial charge is 0.320 e. The third-order valence-corrected chi connectivity index (χ3v) is 3.45. The minimum absolute atomic E-state index is 0.252. The standard InChI is InChI=1S/C14H20BrNO2/c1-10(2)12-6-4-11(5-7-12)8-16-9-13(15)14(17)18-3/h4-7,10,13,16H,8-9H2,1-3H3. The number of hydrogen-bond donors (Lipinski definition) is 1. The molecule has 1 N–H and O–H groups in total. The maximum atomic E-state index is 11.2. The van der Waals surface area contributed by atoms with Gasteiger partial charge in [0.1, 0.15) is 4.83 Å². The van der Waals surface area contributed by atoms with Gasteiger partial charge in [0.15, 0.2) is 0 Å². The van der Waals surface area contributed by atoms with E-state index in [4.69, 9.17) is 0 Å². The summed E-state index contributed by atoms with van der Waals surface area (Å²) in [6.07, 6.45) is 0. The van der Waals surface area contributed by atoms with Crippen LogP contribution in [0.2, 0.25) is 0 Å². The molecule has 0 radical (unpaired) electrons. The predicted molar refractivity (Wildman–Crippen MR) is 77.0 cm³/mol. The number of carbonyl (C=O) groups excluding carboxylic acids is 1. The van der Waals surface area contributed by atoms with E-state index in [9.17, 15) is 4.79 Å². The highest BCUT2D eigenvalue weighted by Crippen LogP contribution is 2.14. The molecule has 1 atom stereocenters. The van der Waals surface area contributed by atoms with Crippen LogP contribution in [0.15, 0.2) is 24.3 Å². The van der Waals surface area contributed by atoms with Crippen LogP contribution in [-0.4, -0.2) is 24.5 Å². The molecule has 18 heavy (non-hydrogen) atoms. The van der Waals surface area contributed by atoms with Gasteiger partial charge in [-0.3, -0.25) is 4.79 Å². The lowest BCUT2D eigenvalue weighted by atomic mass is 10.0. The molecule has 0 aliphatic heterocycles. The van der Waals surface area contributed by atoms with Gasteiger partial charge in [-0.05, 0) is 17.0 Å². The van der Waals surface area contributed by atoms with Crippen LogP contribution in [0.3, 0.4) is 0 Å². The second-order valence-electron chi connectivity index (χ2n) is 4.52. The first-order valence-corrected chi connectivity index (χ1v) is 6.97. The predicted octanol–water partition coefficient (Wildman–Crippen LogP) is 2.84. The zero-order valence-electron chi connectivity index (χ0n) is 11.1. The molecule has 0 aliphatic rings. The van der Waals surface area contributed by atoms with Crippen molar-refractivity contribution in [1.29, 1.82) is 0 Å². The Balaban J connectivity index is 2.38. The molecular weight excluding hydrogens is 294 g/mol. The molecule has 1 aromatic rings. The number of benzene rings is 1. The van der Waals surface area contributed by atoms with Crippen molar-refractivity contribution in [1.82, 2.24) is 5.32 Å².